The maximum absolute atomic E-state index is 8.35. The van der Waals surface area contributed by atoms with E-state index >= 15 is 0 Å². The second-order valence-corrected chi connectivity index (χ2v) is 2.87. The lowest BCUT2D eigenvalue weighted by Gasteiger charge is -2.01. The van der Waals surface area contributed by atoms with Crippen LogP contribution < -0.4 is 5.09 Å². The van der Waals surface area contributed by atoms with Gasteiger partial charge in [0.1, 0.15) is 0 Å². The molecule has 0 saturated heterocycles. The van der Waals surface area contributed by atoms with E-state index in [0.29, 0.717) is 27.9 Å². The molecule has 0 aromatic heterocycles. The summed E-state index contributed by atoms with van der Waals surface area (Å²) in [7, 11) is 0.303. The van der Waals surface area contributed by atoms with Crippen molar-refractivity contribution >= 4 is 20.6 Å². The zero-order chi connectivity index (χ0) is 7.66. The summed E-state index contributed by atoms with van der Waals surface area (Å²) in [6.07, 6.45) is 0.704. The molecule has 0 heterocycles. The Morgan fingerprint density at radius 3 is 3.00 bits per heavy atom. The molecule has 62 valence electrons. The third-order valence-corrected chi connectivity index (χ3v) is 1.70. The molecule has 0 aromatic rings. The van der Waals surface area contributed by atoms with Crippen molar-refractivity contribution < 1.29 is 9.63 Å². The molecule has 0 aliphatic heterocycles. The Hall–Kier alpha value is 0.600. The predicted octanol–water partition coefficient (Wildman–Crippen LogP) is 0.722. The summed E-state index contributed by atoms with van der Waals surface area (Å²) in [6.45, 7) is 1.59. The van der Waals surface area contributed by atoms with Crippen molar-refractivity contribution in [2.24, 2.45) is 0 Å². The first-order chi connectivity index (χ1) is 4.91. The molecule has 2 N–H and O–H groups in total. The first-order valence-electron chi connectivity index (χ1n) is 3.18. The largest absolute Gasteiger partial charge is 0.396 e. The fourth-order valence-corrected chi connectivity index (χ4v) is 1.17. The normalized spacial score (nSPS) is 11.4. The minimum absolute atomic E-state index is 0.194. The second kappa shape index (κ2) is 9.60. The van der Waals surface area contributed by atoms with Crippen molar-refractivity contribution in [1.82, 2.24) is 5.09 Å². The molecule has 0 fully saturated rings. The molecule has 0 aliphatic carbocycles. The molecule has 1 atom stereocenters. The van der Waals surface area contributed by atoms with Crippen LogP contribution in [0.3, 0.4) is 0 Å². The average Bonchev–Trinajstić information content (AvgIpc) is 1.97. The van der Waals surface area contributed by atoms with Gasteiger partial charge in [-0.15, -0.1) is 11.6 Å². The Balaban J connectivity index is 2.65. The topological polar surface area (TPSA) is 41.5 Å². The lowest BCUT2D eigenvalue weighted by molar-refractivity contribution is 0.246. The number of hydrogen-bond acceptors (Lipinski definition) is 3. The number of rotatable bonds is 7. The summed E-state index contributed by atoms with van der Waals surface area (Å²) in [5.41, 5.74) is 0. The van der Waals surface area contributed by atoms with Gasteiger partial charge in [0.2, 0.25) is 0 Å². The smallest absolute Gasteiger partial charge is 0.0861 e. The van der Waals surface area contributed by atoms with E-state index in [1.807, 2.05) is 0 Å². The lowest BCUT2D eigenvalue weighted by atomic mass is 10.5. The number of alkyl halides is 1. The number of aliphatic hydroxyl groups is 1. The van der Waals surface area contributed by atoms with Gasteiger partial charge in [-0.05, 0) is 6.42 Å². The summed E-state index contributed by atoms with van der Waals surface area (Å²) >= 11 is 5.39. The molecule has 0 amide bonds. The van der Waals surface area contributed by atoms with E-state index in [9.17, 15) is 0 Å². The van der Waals surface area contributed by atoms with Crippen LogP contribution in [0.2, 0.25) is 0 Å². The summed E-state index contributed by atoms with van der Waals surface area (Å²) < 4.78 is 5.07. The Bertz CT molecular complexity index is 59.6. The Morgan fingerprint density at radius 2 is 2.40 bits per heavy atom. The lowest BCUT2D eigenvalue weighted by Crippen LogP contribution is -2.05. The van der Waals surface area contributed by atoms with Crippen LogP contribution in [0, 0.1) is 0 Å². The van der Waals surface area contributed by atoms with Crippen LogP contribution in [0.4, 0.5) is 0 Å². The number of nitrogens with one attached hydrogen (secondary N) is 1. The molecule has 0 aliphatic rings. The Labute approximate surface area is 68.0 Å². The van der Waals surface area contributed by atoms with Crippen LogP contribution in [0.15, 0.2) is 0 Å². The summed E-state index contributed by atoms with van der Waals surface area (Å²) in [5, 5.41) is 11.3. The van der Waals surface area contributed by atoms with Gasteiger partial charge in [0, 0.05) is 19.0 Å². The summed E-state index contributed by atoms with van der Waals surface area (Å²) in [4.78, 5) is 0. The van der Waals surface area contributed by atoms with Gasteiger partial charge in [-0.3, -0.25) is 5.09 Å². The zero-order valence-electron chi connectivity index (χ0n) is 5.77. The SMILES string of the molecule is OCCCOPNCCCl. The van der Waals surface area contributed by atoms with Gasteiger partial charge in [0.05, 0.1) is 15.6 Å². The first-order valence-corrected chi connectivity index (χ1v) is 4.62. The minimum atomic E-state index is 0.194. The maximum atomic E-state index is 8.35. The van der Waals surface area contributed by atoms with Gasteiger partial charge in [-0.1, -0.05) is 0 Å². The van der Waals surface area contributed by atoms with E-state index in [4.69, 9.17) is 21.2 Å². The molecule has 0 radical (unpaired) electrons. The van der Waals surface area contributed by atoms with Crippen LogP contribution in [-0.4, -0.2) is 30.7 Å². The third kappa shape index (κ3) is 8.60. The van der Waals surface area contributed by atoms with Crippen LogP contribution in [0.25, 0.3) is 0 Å². The highest BCUT2D eigenvalue weighted by Gasteiger charge is 1.85. The van der Waals surface area contributed by atoms with E-state index in [2.05, 4.69) is 5.09 Å². The van der Waals surface area contributed by atoms with E-state index in [1.54, 1.807) is 0 Å². The Kier molecular flexibility index (Phi) is 10.2. The van der Waals surface area contributed by atoms with Crippen LogP contribution in [0.1, 0.15) is 6.42 Å². The van der Waals surface area contributed by atoms with Crippen molar-refractivity contribution in [1.29, 1.82) is 0 Å². The van der Waals surface area contributed by atoms with Gasteiger partial charge in [0.15, 0.2) is 0 Å². The standard InChI is InChI=1S/C5H13ClNO2P/c6-2-3-7-10-9-5-1-4-8/h7-8,10H,1-5H2. The van der Waals surface area contributed by atoms with Gasteiger partial charge in [-0.25, -0.2) is 0 Å². The number of halogens is 1. The van der Waals surface area contributed by atoms with Crippen LogP contribution >= 0.6 is 20.6 Å². The van der Waals surface area contributed by atoms with Crippen molar-refractivity contribution in [2.75, 3.05) is 25.6 Å². The molecule has 1 unspecified atom stereocenters. The van der Waals surface area contributed by atoms with Gasteiger partial charge < -0.3 is 9.63 Å². The highest BCUT2D eigenvalue weighted by molar-refractivity contribution is 7.29. The molecule has 5 heteroatoms. The fraction of sp³-hybridized carbons (Fsp3) is 1.00. The second-order valence-electron chi connectivity index (χ2n) is 1.64. The number of aliphatic hydroxyl groups excluding tert-OH is 1. The van der Waals surface area contributed by atoms with Crippen LogP contribution in [0.5, 0.6) is 0 Å². The minimum Gasteiger partial charge on any atom is -0.396 e. The van der Waals surface area contributed by atoms with Crippen LogP contribution in [-0.2, 0) is 4.52 Å². The van der Waals surface area contributed by atoms with Gasteiger partial charge in [0.25, 0.3) is 0 Å². The molecular formula is C5H13ClNO2P. The van der Waals surface area contributed by atoms with E-state index < -0.39 is 0 Å². The molecule has 0 rings (SSSR count). The molecule has 0 saturated carbocycles. The van der Waals surface area contributed by atoms with Crippen molar-refractivity contribution in [3.63, 3.8) is 0 Å². The maximum Gasteiger partial charge on any atom is 0.0861 e. The quantitative estimate of drug-likeness (QED) is 0.349. The highest BCUT2D eigenvalue weighted by Crippen LogP contribution is 2.04. The predicted molar refractivity (Wildman–Crippen MR) is 44.7 cm³/mol. The zero-order valence-corrected chi connectivity index (χ0v) is 7.52. The summed E-state index contributed by atoms with van der Waals surface area (Å²) in [5.74, 6) is 0.608. The molecular weight excluding hydrogens is 172 g/mol. The Morgan fingerprint density at radius 1 is 1.60 bits per heavy atom. The van der Waals surface area contributed by atoms with Crippen molar-refractivity contribution in [3.05, 3.63) is 0 Å². The van der Waals surface area contributed by atoms with E-state index in [1.165, 1.54) is 0 Å². The van der Waals surface area contributed by atoms with E-state index in [0.717, 1.165) is 6.54 Å². The van der Waals surface area contributed by atoms with Gasteiger partial charge >= 0.3 is 0 Å². The number of hydrogen-bond donors (Lipinski definition) is 2. The first kappa shape index (κ1) is 10.6. The molecule has 3 nitrogen and oxygen atoms in total. The highest BCUT2D eigenvalue weighted by atomic mass is 35.5. The van der Waals surface area contributed by atoms with Gasteiger partial charge in [-0.2, -0.15) is 0 Å². The van der Waals surface area contributed by atoms with Crippen molar-refractivity contribution in [3.8, 4) is 0 Å². The fourth-order valence-electron chi connectivity index (χ4n) is 0.337. The summed E-state index contributed by atoms with van der Waals surface area (Å²) in [6, 6.07) is 0. The monoisotopic (exact) mass is 185 g/mol. The van der Waals surface area contributed by atoms with E-state index in [-0.39, 0.29) is 6.61 Å². The third-order valence-electron chi connectivity index (χ3n) is 0.768. The molecule has 0 aromatic carbocycles. The van der Waals surface area contributed by atoms with Crippen molar-refractivity contribution in [2.45, 2.75) is 6.42 Å². The molecule has 0 bridgehead atoms. The molecule has 0 spiro atoms. The average molecular weight is 186 g/mol. The molecule has 10 heavy (non-hydrogen) atoms.